The Kier molecular flexibility index (Phi) is 3.43. The Morgan fingerprint density at radius 1 is 1.42 bits per heavy atom. The van der Waals surface area contributed by atoms with Crippen LogP contribution in [0.3, 0.4) is 0 Å². The highest BCUT2D eigenvalue weighted by atomic mass is 16.3. The van der Waals surface area contributed by atoms with E-state index in [0.29, 0.717) is 42.5 Å². The predicted molar refractivity (Wildman–Crippen MR) is 84.8 cm³/mol. The summed E-state index contributed by atoms with van der Waals surface area (Å²) in [5, 5.41) is 23.7. The summed E-state index contributed by atoms with van der Waals surface area (Å²) in [5.41, 5.74) is 2.65. The van der Waals surface area contributed by atoms with Crippen molar-refractivity contribution in [2.45, 2.75) is 32.0 Å². The standard InChI is InChI=1S/C17H19N5O2/c1-20-9-11(8-18)6-15(20)17(24)21-4-5-22-13(10-21)7-14(19-22)16(23)12-2-3-12/h6-7,9,12,16,23H,2-5,10H2,1H3/t16-/m1/s1. The highest BCUT2D eigenvalue weighted by Crippen LogP contribution is 2.40. The maximum absolute atomic E-state index is 12.7. The van der Waals surface area contributed by atoms with Crippen molar-refractivity contribution >= 4 is 5.91 Å². The van der Waals surface area contributed by atoms with Crippen molar-refractivity contribution < 1.29 is 9.90 Å². The summed E-state index contributed by atoms with van der Waals surface area (Å²) in [6.07, 6.45) is 3.29. The molecule has 2 aromatic heterocycles. The monoisotopic (exact) mass is 325 g/mol. The van der Waals surface area contributed by atoms with Crippen molar-refractivity contribution in [1.29, 1.82) is 5.26 Å². The lowest BCUT2D eigenvalue weighted by atomic mass is 10.1. The van der Waals surface area contributed by atoms with Crippen molar-refractivity contribution in [1.82, 2.24) is 19.2 Å². The second-order valence-corrected chi connectivity index (χ2v) is 6.63. The van der Waals surface area contributed by atoms with Gasteiger partial charge >= 0.3 is 0 Å². The molecule has 124 valence electrons. The Morgan fingerprint density at radius 3 is 2.88 bits per heavy atom. The first kappa shape index (κ1) is 15.0. The van der Waals surface area contributed by atoms with Crippen LogP contribution in [0.5, 0.6) is 0 Å². The fraction of sp³-hybridized carbons (Fsp3) is 0.471. The first-order chi connectivity index (χ1) is 11.6. The van der Waals surface area contributed by atoms with Gasteiger partial charge in [0.05, 0.1) is 30.0 Å². The molecule has 1 aliphatic carbocycles. The zero-order chi connectivity index (χ0) is 16.8. The first-order valence-corrected chi connectivity index (χ1v) is 8.17. The fourth-order valence-electron chi connectivity index (χ4n) is 3.26. The molecule has 1 N–H and O–H groups in total. The third-order valence-electron chi connectivity index (χ3n) is 4.83. The maximum atomic E-state index is 12.7. The minimum absolute atomic E-state index is 0.0873. The van der Waals surface area contributed by atoms with E-state index in [0.717, 1.165) is 18.5 Å². The summed E-state index contributed by atoms with van der Waals surface area (Å²) >= 11 is 0. The number of aliphatic hydroxyl groups is 1. The number of carbonyl (C=O) groups excluding carboxylic acids is 1. The van der Waals surface area contributed by atoms with Gasteiger partial charge in [0.25, 0.3) is 5.91 Å². The number of amides is 1. The minimum Gasteiger partial charge on any atom is -0.386 e. The molecule has 0 unspecified atom stereocenters. The number of fused-ring (bicyclic) bond motifs is 1. The van der Waals surface area contributed by atoms with Gasteiger partial charge in [-0.2, -0.15) is 10.4 Å². The van der Waals surface area contributed by atoms with E-state index in [2.05, 4.69) is 11.2 Å². The summed E-state index contributed by atoms with van der Waals surface area (Å²) in [4.78, 5) is 14.5. The fourth-order valence-corrected chi connectivity index (χ4v) is 3.26. The summed E-state index contributed by atoms with van der Waals surface area (Å²) in [6.45, 7) is 1.66. The predicted octanol–water partition coefficient (Wildman–Crippen LogP) is 1.19. The van der Waals surface area contributed by atoms with E-state index in [4.69, 9.17) is 5.26 Å². The molecule has 0 saturated heterocycles. The van der Waals surface area contributed by atoms with Crippen LogP contribution >= 0.6 is 0 Å². The van der Waals surface area contributed by atoms with E-state index >= 15 is 0 Å². The summed E-state index contributed by atoms with van der Waals surface area (Å²) in [5.74, 6) is 0.253. The summed E-state index contributed by atoms with van der Waals surface area (Å²) in [6, 6.07) is 5.59. The maximum Gasteiger partial charge on any atom is 0.270 e. The Bertz CT molecular complexity index is 840. The lowest BCUT2D eigenvalue weighted by molar-refractivity contribution is 0.0696. The van der Waals surface area contributed by atoms with Gasteiger partial charge in [0.2, 0.25) is 0 Å². The molecule has 1 amide bonds. The lowest BCUT2D eigenvalue weighted by Gasteiger charge is -2.27. The summed E-state index contributed by atoms with van der Waals surface area (Å²) in [7, 11) is 1.77. The molecule has 7 nitrogen and oxygen atoms in total. The third kappa shape index (κ3) is 2.49. The largest absolute Gasteiger partial charge is 0.386 e. The molecular weight excluding hydrogens is 306 g/mol. The molecule has 0 radical (unpaired) electrons. The van der Waals surface area contributed by atoms with Crippen LogP contribution in [0.2, 0.25) is 0 Å². The molecule has 0 aromatic carbocycles. The van der Waals surface area contributed by atoms with Gasteiger partial charge in [-0.3, -0.25) is 9.48 Å². The molecule has 3 heterocycles. The van der Waals surface area contributed by atoms with E-state index in [1.807, 2.05) is 10.7 Å². The average Bonchev–Trinajstić information content (AvgIpc) is 3.24. The molecule has 2 aromatic rings. The molecular formula is C17H19N5O2. The quantitative estimate of drug-likeness (QED) is 0.918. The van der Waals surface area contributed by atoms with E-state index in [9.17, 15) is 9.90 Å². The van der Waals surface area contributed by atoms with Crippen LogP contribution in [0.25, 0.3) is 0 Å². The van der Waals surface area contributed by atoms with Gasteiger partial charge in [0.1, 0.15) is 17.9 Å². The second kappa shape index (κ2) is 5.49. The van der Waals surface area contributed by atoms with Crippen molar-refractivity contribution in [3.63, 3.8) is 0 Å². The van der Waals surface area contributed by atoms with Gasteiger partial charge in [0.15, 0.2) is 0 Å². The van der Waals surface area contributed by atoms with Crippen LogP contribution in [0.4, 0.5) is 0 Å². The Hall–Kier alpha value is -2.59. The molecule has 4 rings (SSSR count). The normalized spacial score (nSPS) is 18.1. The van der Waals surface area contributed by atoms with Gasteiger partial charge < -0.3 is 14.6 Å². The van der Waals surface area contributed by atoms with Crippen LogP contribution in [0, 0.1) is 17.2 Å². The van der Waals surface area contributed by atoms with Gasteiger partial charge in [-0.1, -0.05) is 0 Å². The van der Waals surface area contributed by atoms with Crippen molar-refractivity contribution in [3.05, 3.63) is 41.0 Å². The number of hydrogen-bond acceptors (Lipinski definition) is 4. The molecule has 1 fully saturated rings. The molecule has 1 aliphatic heterocycles. The van der Waals surface area contributed by atoms with Crippen molar-refractivity contribution in [2.24, 2.45) is 13.0 Å². The number of aryl methyl sites for hydroxylation is 1. The van der Waals surface area contributed by atoms with Crippen molar-refractivity contribution in [2.75, 3.05) is 6.54 Å². The molecule has 1 saturated carbocycles. The Balaban J connectivity index is 1.54. The van der Waals surface area contributed by atoms with E-state index in [-0.39, 0.29) is 5.91 Å². The van der Waals surface area contributed by atoms with Gasteiger partial charge in [0, 0.05) is 19.8 Å². The zero-order valence-electron chi connectivity index (χ0n) is 13.5. The van der Waals surface area contributed by atoms with Crippen LogP contribution < -0.4 is 0 Å². The number of nitrogens with zero attached hydrogens (tertiary/aromatic N) is 5. The number of aliphatic hydroxyl groups excluding tert-OH is 1. The molecule has 0 bridgehead atoms. The number of hydrogen-bond donors (Lipinski definition) is 1. The van der Waals surface area contributed by atoms with Crippen LogP contribution in [0.15, 0.2) is 18.3 Å². The number of aromatic nitrogens is 3. The molecule has 1 atom stereocenters. The smallest absolute Gasteiger partial charge is 0.270 e. The highest BCUT2D eigenvalue weighted by molar-refractivity contribution is 5.93. The number of carbonyl (C=O) groups is 1. The minimum atomic E-state index is -0.488. The highest BCUT2D eigenvalue weighted by Gasteiger charge is 2.34. The van der Waals surface area contributed by atoms with Crippen molar-refractivity contribution in [3.8, 4) is 6.07 Å². The van der Waals surface area contributed by atoms with Crippen LogP contribution in [-0.2, 0) is 20.1 Å². The van der Waals surface area contributed by atoms with E-state index < -0.39 is 6.10 Å². The molecule has 0 spiro atoms. The Morgan fingerprint density at radius 2 is 2.21 bits per heavy atom. The number of rotatable bonds is 3. The molecule has 7 heteroatoms. The summed E-state index contributed by atoms with van der Waals surface area (Å²) < 4.78 is 3.57. The lowest BCUT2D eigenvalue weighted by Crippen LogP contribution is -2.39. The SMILES string of the molecule is Cn1cc(C#N)cc1C(=O)N1CCn2nc([C@H](O)C3CC3)cc2C1. The van der Waals surface area contributed by atoms with E-state index in [1.165, 1.54) is 0 Å². The van der Waals surface area contributed by atoms with E-state index in [1.54, 1.807) is 28.8 Å². The average molecular weight is 325 g/mol. The third-order valence-corrected chi connectivity index (χ3v) is 4.83. The van der Waals surface area contributed by atoms with Crippen LogP contribution in [0.1, 0.15) is 46.4 Å². The molecule has 24 heavy (non-hydrogen) atoms. The van der Waals surface area contributed by atoms with Gasteiger partial charge in [-0.25, -0.2) is 0 Å². The zero-order valence-corrected chi connectivity index (χ0v) is 13.5. The van der Waals surface area contributed by atoms with Gasteiger partial charge in [-0.15, -0.1) is 0 Å². The first-order valence-electron chi connectivity index (χ1n) is 8.17. The topological polar surface area (TPSA) is 87.1 Å². The second-order valence-electron chi connectivity index (χ2n) is 6.63. The van der Waals surface area contributed by atoms with Crippen LogP contribution in [-0.4, -0.2) is 36.8 Å². The van der Waals surface area contributed by atoms with Gasteiger partial charge in [-0.05, 0) is 30.9 Å². The molecule has 2 aliphatic rings. The number of nitriles is 1. The Labute approximate surface area is 139 Å².